The zero-order valence-electron chi connectivity index (χ0n) is 9.21. The molecule has 2 saturated heterocycles. The Kier molecular flexibility index (Phi) is 3.97. The predicted octanol–water partition coefficient (Wildman–Crippen LogP) is 0.235. The highest BCUT2D eigenvalue weighted by Gasteiger charge is 2.19. The molecular formula is C11H20N2O2. The van der Waals surface area contributed by atoms with Gasteiger partial charge in [-0.25, -0.2) is 0 Å². The number of likely N-dealkylation sites (tertiary alicyclic amines) is 1. The number of carbonyl (C=O) groups is 1. The van der Waals surface area contributed by atoms with Crippen molar-refractivity contribution in [3.8, 4) is 0 Å². The van der Waals surface area contributed by atoms with E-state index < -0.39 is 0 Å². The van der Waals surface area contributed by atoms with Gasteiger partial charge in [0.1, 0.15) is 6.61 Å². The molecule has 1 atom stereocenters. The maximum atomic E-state index is 11.6. The third-order valence-electron chi connectivity index (χ3n) is 3.20. The second-order valence-corrected chi connectivity index (χ2v) is 4.46. The van der Waals surface area contributed by atoms with Crippen molar-refractivity contribution in [2.24, 2.45) is 5.92 Å². The lowest BCUT2D eigenvalue weighted by Gasteiger charge is -2.16. The van der Waals surface area contributed by atoms with Crippen LogP contribution in [0.25, 0.3) is 0 Å². The smallest absolute Gasteiger partial charge is 0.248 e. The van der Waals surface area contributed by atoms with Crippen LogP contribution >= 0.6 is 0 Å². The van der Waals surface area contributed by atoms with Gasteiger partial charge < -0.3 is 15.0 Å². The quantitative estimate of drug-likeness (QED) is 0.725. The molecule has 1 N–H and O–H groups in total. The average molecular weight is 212 g/mol. The van der Waals surface area contributed by atoms with Gasteiger partial charge in [0.2, 0.25) is 5.91 Å². The van der Waals surface area contributed by atoms with E-state index in [2.05, 4.69) is 5.32 Å². The van der Waals surface area contributed by atoms with Crippen molar-refractivity contribution >= 4 is 5.91 Å². The van der Waals surface area contributed by atoms with Crippen LogP contribution in [-0.2, 0) is 9.53 Å². The molecule has 1 unspecified atom stereocenters. The molecule has 2 fully saturated rings. The number of hydrogen-bond acceptors (Lipinski definition) is 3. The van der Waals surface area contributed by atoms with Crippen LogP contribution in [0.2, 0.25) is 0 Å². The van der Waals surface area contributed by atoms with E-state index in [1.54, 1.807) is 0 Å². The largest absolute Gasteiger partial charge is 0.371 e. The van der Waals surface area contributed by atoms with Crippen LogP contribution in [-0.4, -0.2) is 50.2 Å². The fourth-order valence-corrected chi connectivity index (χ4v) is 2.23. The number of hydrogen-bond donors (Lipinski definition) is 1. The predicted molar refractivity (Wildman–Crippen MR) is 57.6 cm³/mol. The molecule has 2 aliphatic rings. The summed E-state index contributed by atoms with van der Waals surface area (Å²) in [5.41, 5.74) is 0. The van der Waals surface area contributed by atoms with Crippen LogP contribution in [0.4, 0.5) is 0 Å². The first-order valence-corrected chi connectivity index (χ1v) is 5.92. The van der Waals surface area contributed by atoms with E-state index in [9.17, 15) is 4.79 Å². The molecule has 4 heteroatoms. The van der Waals surface area contributed by atoms with E-state index >= 15 is 0 Å². The molecule has 0 saturated carbocycles. The normalized spacial score (nSPS) is 26.1. The minimum Gasteiger partial charge on any atom is -0.371 e. The lowest BCUT2D eigenvalue weighted by atomic mass is 10.1. The van der Waals surface area contributed by atoms with E-state index in [0.717, 1.165) is 45.6 Å². The molecule has 0 radical (unpaired) electrons. The molecule has 4 nitrogen and oxygen atoms in total. The Hall–Kier alpha value is -0.610. The van der Waals surface area contributed by atoms with E-state index in [-0.39, 0.29) is 12.5 Å². The first-order chi connectivity index (χ1) is 7.36. The molecule has 2 heterocycles. The minimum atomic E-state index is 0.165. The molecule has 0 aliphatic carbocycles. The molecule has 2 aliphatic heterocycles. The first kappa shape index (κ1) is 10.9. The summed E-state index contributed by atoms with van der Waals surface area (Å²) in [6, 6.07) is 0. The van der Waals surface area contributed by atoms with Crippen molar-refractivity contribution in [1.29, 1.82) is 0 Å². The molecule has 0 aromatic heterocycles. The summed E-state index contributed by atoms with van der Waals surface area (Å²) in [6.45, 7) is 4.98. The van der Waals surface area contributed by atoms with Crippen LogP contribution in [0.5, 0.6) is 0 Å². The molecule has 15 heavy (non-hydrogen) atoms. The molecule has 2 rings (SSSR count). The Labute approximate surface area is 91.0 Å². The summed E-state index contributed by atoms with van der Waals surface area (Å²) in [6.07, 6.45) is 3.48. The lowest BCUT2D eigenvalue weighted by molar-refractivity contribution is -0.135. The van der Waals surface area contributed by atoms with Gasteiger partial charge in [-0.1, -0.05) is 0 Å². The Morgan fingerprint density at radius 2 is 2.20 bits per heavy atom. The zero-order valence-corrected chi connectivity index (χ0v) is 9.21. The average Bonchev–Trinajstić information content (AvgIpc) is 2.90. The van der Waals surface area contributed by atoms with Crippen LogP contribution < -0.4 is 5.32 Å². The summed E-state index contributed by atoms with van der Waals surface area (Å²) in [7, 11) is 0. The van der Waals surface area contributed by atoms with Crippen molar-refractivity contribution in [2.45, 2.75) is 19.3 Å². The highest BCUT2D eigenvalue weighted by Crippen LogP contribution is 2.09. The van der Waals surface area contributed by atoms with Gasteiger partial charge in [-0.2, -0.15) is 0 Å². The van der Waals surface area contributed by atoms with Crippen molar-refractivity contribution in [3.05, 3.63) is 0 Å². The van der Waals surface area contributed by atoms with E-state index in [1.165, 1.54) is 6.42 Å². The number of ether oxygens (including phenoxy) is 1. The molecule has 86 valence electrons. The fourth-order valence-electron chi connectivity index (χ4n) is 2.23. The van der Waals surface area contributed by atoms with Gasteiger partial charge in [0, 0.05) is 19.6 Å². The maximum absolute atomic E-state index is 11.6. The van der Waals surface area contributed by atoms with Crippen LogP contribution in [0.1, 0.15) is 19.3 Å². The fraction of sp³-hybridized carbons (Fsp3) is 0.909. The third-order valence-corrected chi connectivity index (χ3v) is 3.20. The zero-order chi connectivity index (χ0) is 10.5. The second-order valence-electron chi connectivity index (χ2n) is 4.46. The summed E-state index contributed by atoms with van der Waals surface area (Å²) in [5.74, 6) is 0.773. The SMILES string of the molecule is O=C(COCC1CCNC1)N1CCCC1. The lowest BCUT2D eigenvalue weighted by Crippen LogP contribution is -2.31. The number of amides is 1. The molecule has 0 aromatic rings. The molecule has 0 spiro atoms. The third kappa shape index (κ3) is 3.18. The number of nitrogens with zero attached hydrogens (tertiary/aromatic N) is 1. The van der Waals surface area contributed by atoms with E-state index in [0.29, 0.717) is 5.92 Å². The Morgan fingerprint density at radius 3 is 2.87 bits per heavy atom. The van der Waals surface area contributed by atoms with Gasteiger partial charge in [-0.05, 0) is 31.7 Å². The Bertz CT molecular complexity index is 209. The van der Waals surface area contributed by atoms with Crippen molar-refractivity contribution in [3.63, 3.8) is 0 Å². The van der Waals surface area contributed by atoms with Crippen LogP contribution in [0.15, 0.2) is 0 Å². The van der Waals surface area contributed by atoms with E-state index in [4.69, 9.17) is 4.74 Å². The molecule has 0 aromatic carbocycles. The monoisotopic (exact) mass is 212 g/mol. The van der Waals surface area contributed by atoms with Crippen LogP contribution in [0, 0.1) is 5.92 Å². The van der Waals surface area contributed by atoms with Gasteiger partial charge in [0.15, 0.2) is 0 Å². The topological polar surface area (TPSA) is 41.6 Å². The van der Waals surface area contributed by atoms with Crippen molar-refractivity contribution in [2.75, 3.05) is 39.4 Å². The number of carbonyl (C=O) groups excluding carboxylic acids is 1. The van der Waals surface area contributed by atoms with Gasteiger partial charge in [-0.3, -0.25) is 4.79 Å². The minimum absolute atomic E-state index is 0.165. The first-order valence-electron chi connectivity index (χ1n) is 5.92. The van der Waals surface area contributed by atoms with Gasteiger partial charge in [0.25, 0.3) is 0 Å². The van der Waals surface area contributed by atoms with Crippen molar-refractivity contribution in [1.82, 2.24) is 10.2 Å². The Morgan fingerprint density at radius 1 is 1.40 bits per heavy atom. The standard InChI is InChI=1S/C11H20N2O2/c14-11(13-5-1-2-6-13)9-15-8-10-3-4-12-7-10/h10,12H,1-9H2. The number of rotatable bonds is 4. The number of nitrogens with one attached hydrogen (secondary N) is 1. The van der Waals surface area contributed by atoms with Crippen LogP contribution in [0.3, 0.4) is 0 Å². The summed E-state index contributed by atoms with van der Waals surface area (Å²) < 4.78 is 5.46. The van der Waals surface area contributed by atoms with Gasteiger partial charge >= 0.3 is 0 Å². The highest BCUT2D eigenvalue weighted by atomic mass is 16.5. The molecular weight excluding hydrogens is 192 g/mol. The molecule has 0 bridgehead atoms. The molecule has 1 amide bonds. The second kappa shape index (κ2) is 5.47. The van der Waals surface area contributed by atoms with Gasteiger partial charge in [0.05, 0.1) is 6.61 Å². The summed E-state index contributed by atoms with van der Waals surface area (Å²) in [4.78, 5) is 13.5. The van der Waals surface area contributed by atoms with Crippen molar-refractivity contribution < 1.29 is 9.53 Å². The van der Waals surface area contributed by atoms with E-state index in [1.807, 2.05) is 4.90 Å². The Balaban J connectivity index is 1.58. The maximum Gasteiger partial charge on any atom is 0.248 e. The highest BCUT2D eigenvalue weighted by molar-refractivity contribution is 5.77. The summed E-state index contributed by atoms with van der Waals surface area (Å²) >= 11 is 0. The summed E-state index contributed by atoms with van der Waals surface area (Å²) in [5, 5.41) is 3.29. The van der Waals surface area contributed by atoms with Gasteiger partial charge in [-0.15, -0.1) is 0 Å².